The van der Waals surface area contributed by atoms with Gasteiger partial charge in [0.05, 0.1) is 18.2 Å². The van der Waals surface area contributed by atoms with Crippen molar-refractivity contribution in [2.75, 3.05) is 25.6 Å². The topological polar surface area (TPSA) is 30.5 Å². The van der Waals surface area contributed by atoms with E-state index < -0.39 is 0 Å². The van der Waals surface area contributed by atoms with E-state index in [0.717, 1.165) is 22.1 Å². The van der Waals surface area contributed by atoms with Crippen molar-refractivity contribution in [2.24, 2.45) is 0 Å². The van der Waals surface area contributed by atoms with Crippen LogP contribution < -0.4 is 14.8 Å². The molecular formula is C15H19NO2S. The zero-order valence-electron chi connectivity index (χ0n) is 11.5. The predicted molar refractivity (Wildman–Crippen MR) is 81.6 cm³/mol. The SMILES string of the molecule is CCOc1ccc(-c2ccc(NC)s2)cc1OCC. The van der Waals surface area contributed by atoms with E-state index in [9.17, 15) is 0 Å². The highest BCUT2D eigenvalue weighted by molar-refractivity contribution is 7.19. The van der Waals surface area contributed by atoms with Crippen LogP contribution in [0.4, 0.5) is 5.00 Å². The van der Waals surface area contributed by atoms with Gasteiger partial charge in [-0.15, -0.1) is 11.3 Å². The molecule has 2 rings (SSSR count). The lowest BCUT2D eigenvalue weighted by atomic mass is 10.1. The van der Waals surface area contributed by atoms with Crippen molar-refractivity contribution in [3.05, 3.63) is 30.3 Å². The third-order valence-electron chi connectivity index (χ3n) is 2.68. The molecule has 102 valence electrons. The quantitative estimate of drug-likeness (QED) is 0.856. The van der Waals surface area contributed by atoms with Crippen molar-refractivity contribution in [3.8, 4) is 21.9 Å². The summed E-state index contributed by atoms with van der Waals surface area (Å²) in [6.07, 6.45) is 0. The zero-order valence-corrected chi connectivity index (χ0v) is 12.3. The van der Waals surface area contributed by atoms with Crippen LogP contribution in [0.25, 0.3) is 10.4 Å². The molecule has 0 aliphatic rings. The van der Waals surface area contributed by atoms with E-state index in [1.807, 2.05) is 33.0 Å². The van der Waals surface area contributed by atoms with Gasteiger partial charge in [-0.3, -0.25) is 0 Å². The fraction of sp³-hybridized carbons (Fsp3) is 0.333. The van der Waals surface area contributed by atoms with Gasteiger partial charge in [-0.25, -0.2) is 0 Å². The molecule has 0 bridgehead atoms. The van der Waals surface area contributed by atoms with E-state index in [1.54, 1.807) is 11.3 Å². The van der Waals surface area contributed by atoms with Gasteiger partial charge in [0.25, 0.3) is 0 Å². The lowest BCUT2D eigenvalue weighted by Gasteiger charge is -2.11. The summed E-state index contributed by atoms with van der Waals surface area (Å²) in [5.74, 6) is 1.61. The average Bonchev–Trinajstić information content (AvgIpc) is 2.90. The number of anilines is 1. The standard InChI is InChI=1S/C15H19NO2S/c1-4-17-12-7-6-11(10-13(12)18-5-2)14-8-9-15(16-3)19-14/h6-10,16H,4-5H2,1-3H3. The van der Waals surface area contributed by atoms with Gasteiger partial charge in [0, 0.05) is 11.9 Å². The average molecular weight is 277 g/mol. The molecule has 0 atom stereocenters. The van der Waals surface area contributed by atoms with Crippen LogP contribution >= 0.6 is 11.3 Å². The summed E-state index contributed by atoms with van der Waals surface area (Å²) in [5.41, 5.74) is 1.15. The fourth-order valence-electron chi connectivity index (χ4n) is 1.83. The summed E-state index contributed by atoms with van der Waals surface area (Å²) in [7, 11) is 1.93. The maximum atomic E-state index is 5.65. The van der Waals surface area contributed by atoms with E-state index in [4.69, 9.17) is 9.47 Å². The van der Waals surface area contributed by atoms with Crippen molar-refractivity contribution in [1.82, 2.24) is 0 Å². The van der Waals surface area contributed by atoms with Gasteiger partial charge in [-0.1, -0.05) is 0 Å². The van der Waals surface area contributed by atoms with E-state index in [1.165, 1.54) is 4.88 Å². The Bertz CT molecular complexity index is 537. The molecule has 0 amide bonds. The summed E-state index contributed by atoms with van der Waals surface area (Å²) in [4.78, 5) is 1.22. The van der Waals surface area contributed by atoms with Crippen LogP contribution in [0.3, 0.4) is 0 Å². The lowest BCUT2D eigenvalue weighted by molar-refractivity contribution is 0.288. The normalized spacial score (nSPS) is 10.3. The summed E-state index contributed by atoms with van der Waals surface area (Å²) in [6.45, 7) is 5.23. The first kappa shape index (κ1) is 13.7. The maximum Gasteiger partial charge on any atom is 0.161 e. The molecule has 1 heterocycles. The zero-order chi connectivity index (χ0) is 13.7. The maximum absolute atomic E-state index is 5.65. The molecule has 4 heteroatoms. The molecule has 0 aliphatic carbocycles. The Morgan fingerprint density at radius 3 is 2.37 bits per heavy atom. The number of ether oxygens (including phenoxy) is 2. The number of rotatable bonds is 6. The second-order valence-electron chi connectivity index (χ2n) is 3.94. The summed E-state index contributed by atoms with van der Waals surface area (Å²) < 4.78 is 11.2. The van der Waals surface area contributed by atoms with Gasteiger partial charge >= 0.3 is 0 Å². The largest absolute Gasteiger partial charge is 0.490 e. The van der Waals surface area contributed by atoms with Crippen LogP contribution in [0, 0.1) is 0 Å². The third-order valence-corrected chi connectivity index (χ3v) is 3.83. The Hall–Kier alpha value is -1.68. The van der Waals surface area contributed by atoms with Gasteiger partial charge in [-0.05, 0) is 49.7 Å². The Morgan fingerprint density at radius 2 is 1.74 bits per heavy atom. The van der Waals surface area contributed by atoms with Crippen LogP contribution in [0.5, 0.6) is 11.5 Å². The molecule has 0 saturated heterocycles. The van der Waals surface area contributed by atoms with E-state index in [2.05, 4.69) is 23.5 Å². The molecule has 0 saturated carbocycles. The predicted octanol–water partition coefficient (Wildman–Crippen LogP) is 4.25. The first-order chi connectivity index (χ1) is 9.28. The number of nitrogens with one attached hydrogen (secondary N) is 1. The van der Waals surface area contributed by atoms with Crippen molar-refractivity contribution in [2.45, 2.75) is 13.8 Å². The van der Waals surface area contributed by atoms with Gasteiger partial charge < -0.3 is 14.8 Å². The molecule has 0 spiro atoms. The van der Waals surface area contributed by atoms with Gasteiger partial charge in [-0.2, -0.15) is 0 Å². The van der Waals surface area contributed by atoms with Gasteiger partial charge in [0.15, 0.2) is 11.5 Å². The highest BCUT2D eigenvalue weighted by Gasteiger charge is 2.09. The summed E-state index contributed by atoms with van der Waals surface area (Å²) in [6, 6.07) is 10.3. The molecular weight excluding hydrogens is 258 g/mol. The van der Waals surface area contributed by atoms with Gasteiger partial charge in [0.2, 0.25) is 0 Å². The van der Waals surface area contributed by atoms with Crippen LogP contribution in [0.2, 0.25) is 0 Å². The van der Waals surface area contributed by atoms with Crippen LogP contribution in [-0.2, 0) is 0 Å². The highest BCUT2D eigenvalue weighted by atomic mass is 32.1. The first-order valence-corrected chi connectivity index (χ1v) is 7.27. The van der Waals surface area contributed by atoms with Gasteiger partial charge in [0.1, 0.15) is 0 Å². The van der Waals surface area contributed by atoms with E-state index in [-0.39, 0.29) is 0 Å². The minimum absolute atomic E-state index is 0.635. The first-order valence-electron chi connectivity index (χ1n) is 6.46. The van der Waals surface area contributed by atoms with Crippen LogP contribution in [-0.4, -0.2) is 20.3 Å². The second-order valence-corrected chi connectivity index (χ2v) is 5.03. The number of hydrogen-bond donors (Lipinski definition) is 1. The molecule has 0 aliphatic heterocycles. The Balaban J connectivity index is 2.33. The molecule has 3 nitrogen and oxygen atoms in total. The minimum atomic E-state index is 0.635. The Labute approximate surface area is 118 Å². The monoisotopic (exact) mass is 277 g/mol. The number of hydrogen-bond acceptors (Lipinski definition) is 4. The summed E-state index contributed by atoms with van der Waals surface area (Å²) >= 11 is 1.72. The molecule has 2 aromatic rings. The lowest BCUT2D eigenvalue weighted by Crippen LogP contribution is -1.98. The van der Waals surface area contributed by atoms with Crippen molar-refractivity contribution >= 4 is 16.3 Å². The van der Waals surface area contributed by atoms with Crippen molar-refractivity contribution in [3.63, 3.8) is 0 Å². The van der Waals surface area contributed by atoms with E-state index in [0.29, 0.717) is 13.2 Å². The highest BCUT2D eigenvalue weighted by Crippen LogP contribution is 2.36. The molecule has 1 aromatic carbocycles. The van der Waals surface area contributed by atoms with Crippen LogP contribution in [0.1, 0.15) is 13.8 Å². The molecule has 1 aromatic heterocycles. The second kappa shape index (κ2) is 6.48. The molecule has 0 radical (unpaired) electrons. The molecule has 0 unspecified atom stereocenters. The van der Waals surface area contributed by atoms with Crippen molar-refractivity contribution < 1.29 is 9.47 Å². The number of benzene rings is 1. The molecule has 0 fully saturated rings. The fourth-order valence-corrected chi connectivity index (χ4v) is 2.69. The smallest absolute Gasteiger partial charge is 0.161 e. The van der Waals surface area contributed by atoms with E-state index >= 15 is 0 Å². The summed E-state index contributed by atoms with van der Waals surface area (Å²) in [5, 5.41) is 4.31. The Kier molecular flexibility index (Phi) is 4.68. The van der Waals surface area contributed by atoms with Crippen LogP contribution in [0.15, 0.2) is 30.3 Å². The number of thiophene rings is 1. The van der Waals surface area contributed by atoms with Crippen molar-refractivity contribution in [1.29, 1.82) is 0 Å². The molecule has 1 N–H and O–H groups in total. The molecule has 19 heavy (non-hydrogen) atoms. The minimum Gasteiger partial charge on any atom is -0.490 e. The Morgan fingerprint density at radius 1 is 1.00 bits per heavy atom. The third kappa shape index (κ3) is 3.20.